The van der Waals surface area contributed by atoms with E-state index >= 15 is 0 Å². The van der Waals surface area contributed by atoms with Crippen LogP contribution in [0, 0.1) is 3.57 Å². The molecule has 0 aliphatic rings. The zero-order valence-corrected chi connectivity index (χ0v) is 12.1. The van der Waals surface area contributed by atoms with Gasteiger partial charge in [0.2, 0.25) is 0 Å². The summed E-state index contributed by atoms with van der Waals surface area (Å²) in [7, 11) is 1.90. The lowest BCUT2D eigenvalue weighted by Crippen LogP contribution is -2.20. The van der Waals surface area contributed by atoms with Gasteiger partial charge in [0.1, 0.15) is 0 Å². The van der Waals surface area contributed by atoms with E-state index in [1.807, 2.05) is 25.2 Å². The SMILES string of the molecule is CNC(c1cnccn1)c1cc(Cl)ccc1I. The Kier molecular flexibility index (Phi) is 4.31. The zero-order chi connectivity index (χ0) is 12.3. The third kappa shape index (κ3) is 2.94. The van der Waals surface area contributed by atoms with Gasteiger partial charge in [-0.25, -0.2) is 0 Å². The number of benzene rings is 1. The Morgan fingerprint density at radius 3 is 2.82 bits per heavy atom. The molecule has 3 nitrogen and oxygen atoms in total. The van der Waals surface area contributed by atoms with Crippen LogP contribution in [0.1, 0.15) is 17.3 Å². The van der Waals surface area contributed by atoms with Crippen molar-refractivity contribution in [3.63, 3.8) is 0 Å². The fraction of sp³-hybridized carbons (Fsp3) is 0.167. The fourth-order valence-electron chi connectivity index (χ4n) is 1.66. The van der Waals surface area contributed by atoms with Gasteiger partial charge in [0.05, 0.1) is 17.9 Å². The van der Waals surface area contributed by atoms with Gasteiger partial charge in [-0.15, -0.1) is 0 Å². The van der Waals surface area contributed by atoms with E-state index in [0.29, 0.717) is 0 Å². The Morgan fingerprint density at radius 2 is 2.18 bits per heavy atom. The summed E-state index contributed by atoms with van der Waals surface area (Å²) in [5.41, 5.74) is 2.00. The third-order valence-corrected chi connectivity index (χ3v) is 3.65. The lowest BCUT2D eigenvalue weighted by atomic mass is 10.0. The molecule has 0 radical (unpaired) electrons. The van der Waals surface area contributed by atoms with E-state index in [4.69, 9.17) is 11.6 Å². The molecule has 0 amide bonds. The van der Waals surface area contributed by atoms with E-state index in [9.17, 15) is 0 Å². The molecule has 0 saturated heterocycles. The van der Waals surface area contributed by atoms with Crippen LogP contribution in [0.3, 0.4) is 0 Å². The van der Waals surface area contributed by atoms with Crippen LogP contribution in [0.2, 0.25) is 5.02 Å². The quantitative estimate of drug-likeness (QED) is 0.856. The number of rotatable bonds is 3. The fourth-order valence-corrected chi connectivity index (χ4v) is 2.49. The van der Waals surface area contributed by atoms with Gasteiger partial charge in [0, 0.05) is 21.0 Å². The lowest BCUT2D eigenvalue weighted by Gasteiger charge is -2.17. The summed E-state index contributed by atoms with van der Waals surface area (Å²) in [4.78, 5) is 8.42. The standard InChI is InChI=1S/C12H11ClIN3/c1-15-12(11-7-16-4-5-17-11)9-6-8(13)2-3-10(9)14/h2-7,12,15H,1H3. The second-order valence-electron chi connectivity index (χ2n) is 3.52. The number of halogens is 2. The topological polar surface area (TPSA) is 37.8 Å². The van der Waals surface area contributed by atoms with Gasteiger partial charge in [0.25, 0.3) is 0 Å². The summed E-state index contributed by atoms with van der Waals surface area (Å²) < 4.78 is 1.15. The van der Waals surface area contributed by atoms with E-state index in [0.717, 1.165) is 19.9 Å². The van der Waals surface area contributed by atoms with E-state index in [1.54, 1.807) is 18.6 Å². The predicted molar refractivity (Wildman–Crippen MR) is 77.1 cm³/mol. The summed E-state index contributed by atoms with van der Waals surface area (Å²) in [6.07, 6.45) is 5.12. The molecule has 17 heavy (non-hydrogen) atoms. The zero-order valence-electron chi connectivity index (χ0n) is 9.19. The third-order valence-electron chi connectivity index (χ3n) is 2.44. The largest absolute Gasteiger partial charge is 0.308 e. The molecular formula is C12H11ClIN3. The van der Waals surface area contributed by atoms with Crippen LogP contribution in [-0.4, -0.2) is 17.0 Å². The van der Waals surface area contributed by atoms with Gasteiger partial charge in [0.15, 0.2) is 0 Å². The Bertz CT molecular complexity index is 504. The van der Waals surface area contributed by atoms with Crippen LogP contribution in [0.4, 0.5) is 0 Å². The highest BCUT2D eigenvalue weighted by atomic mass is 127. The molecule has 0 aliphatic carbocycles. The molecule has 0 saturated carbocycles. The van der Waals surface area contributed by atoms with Gasteiger partial charge in [-0.05, 0) is 53.4 Å². The monoisotopic (exact) mass is 359 g/mol. The van der Waals surface area contributed by atoms with Crippen molar-refractivity contribution in [1.82, 2.24) is 15.3 Å². The molecule has 1 heterocycles. The molecule has 1 N–H and O–H groups in total. The number of hydrogen-bond acceptors (Lipinski definition) is 3. The maximum absolute atomic E-state index is 6.04. The van der Waals surface area contributed by atoms with Crippen molar-refractivity contribution in [2.45, 2.75) is 6.04 Å². The van der Waals surface area contributed by atoms with Crippen LogP contribution < -0.4 is 5.32 Å². The van der Waals surface area contributed by atoms with Crippen LogP contribution in [0.15, 0.2) is 36.8 Å². The van der Waals surface area contributed by atoms with Crippen LogP contribution >= 0.6 is 34.2 Å². The molecule has 0 spiro atoms. The average molecular weight is 360 g/mol. The highest BCUT2D eigenvalue weighted by Crippen LogP contribution is 2.27. The van der Waals surface area contributed by atoms with E-state index in [2.05, 4.69) is 37.9 Å². The van der Waals surface area contributed by atoms with E-state index < -0.39 is 0 Å². The maximum Gasteiger partial charge on any atom is 0.0801 e. The van der Waals surface area contributed by atoms with Crippen LogP contribution in [-0.2, 0) is 0 Å². The van der Waals surface area contributed by atoms with E-state index in [-0.39, 0.29) is 6.04 Å². The van der Waals surface area contributed by atoms with Crippen molar-refractivity contribution >= 4 is 34.2 Å². The molecule has 1 unspecified atom stereocenters. The van der Waals surface area contributed by atoms with Gasteiger partial charge >= 0.3 is 0 Å². The van der Waals surface area contributed by atoms with Crippen LogP contribution in [0.5, 0.6) is 0 Å². The summed E-state index contributed by atoms with van der Waals surface area (Å²) in [5, 5.41) is 3.96. The lowest BCUT2D eigenvalue weighted by molar-refractivity contribution is 0.664. The van der Waals surface area contributed by atoms with Crippen molar-refractivity contribution in [3.8, 4) is 0 Å². The van der Waals surface area contributed by atoms with Gasteiger partial charge in [-0.1, -0.05) is 11.6 Å². The summed E-state index contributed by atoms with van der Waals surface area (Å²) in [6.45, 7) is 0. The number of nitrogens with zero attached hydrogens (tertiary/aromatic N) is 2. The van der Waals surface area contributed by atoms with Gasteiger partial charge in [-0.2, -0.15) is 0 Å². The predicted octanol–water partition coefficient (Wildman–Crippen LogP) is 3.04. The summed E-state index contributed by atoms with van der Waals surface area (Å²) in [5.74, 6) is 0. The molecule has 0 fully saturated rings. The molecular weight excluding hydrogens is 349 g/mol. The molecule has 2 rings (SSSR count). The molecule has 2 aromatic rings. The summed E-state index contributed by atoms with van der Waals surface area (Å²) in [6, 6.07) is 5.85. The summed E-state index contributed by atoms with van der Waals surface area (Å²) >= 11 is 8.33. The van der Waals surface area contributed by atoms with Crippen molar-refractivity contribution < 1.29 is 0 Å². The Hall–Kier alpha value is -0.720. The maximum atomic E-state index is 6.04. The minimum atomic E-state index is 0.00861. The Balaban J connectivity index is 2.46. The molecule has 5 heteroatoms. The first kappa shape index (κ1) is 12.7. The second kappa shape index (κ2) is 5.75. The van der Waals surface area contributed by atoms with Crippen LogP contribution in [0.25, 0.3) is 0 Å². The minimum Gasteiger partial charge on any atom is -0.308 e. The first-order chi connectivity index (χ1) is 8.22. The average Bonchev–Trinajstić information content (AvgIpc) is 2.36. The first-order valence-electron chi connectivity index (χ1n) is 5.10. The number of hydrogen-bond donors (Lipinski definition) is 1. The smallest absolute Gasteiger partial charge is 0.0801 e. The van der Waals surface area contributed by atoms with Crippen molar-refractivity contribution in [3.05, 3.63) is 56.6 Å². The Labute approximate surface area is 119 Å². The minimum absolute atomic E-state index is 0.00861. The highest BCUT2D eigenvalue weighted by molar-refractivity contribution is 14.1. The number of nitrogens with one attached hydrogen (secondary N) is 1. The molecule has 0 bridgehead atoms. The van der Waals surface area contributed by atoms with Crippen molar-refractivity contribution in [2.75, 3.05) is 7.05 Å². The van der Waals surface area contributed by atoms with Crippen molar-refractivity contribution in [2.24, 2.45) is 0 Å². The molecule has 0 aliphatic heterocycles. The highest BCUT2D eigenvalue weighted by Gasteiger charge is 2.16. The molecule has 1 atom stereocenters. The van der Waals surface area contributed by atoms with Gasteiger partial charge < -0.3 is 5.32 Å². The normalized spacial score (nSPS) is 12.4. The Morgan fingerprint density at radius 1 is 1.35 bits per heavy atom. The second-order valence-corrected chi connectivity index (χ2v) is 5.12. The van der Waals surface area contributed by atoms with Crippen molar-refractivity contribution in [1.29, 1.82) is 0 Å². The van der Waals surface area contributed by atoms with E-state index in [1.165, 1.54) is 0 Å². The molecule has 1 aromatic carbocycles. The molecule has 1 aromatic heterocycles. The molecule has 88 valence electrons. The van der Waals surface area contributed by atoms with Gasteiger partial charge in [-0.3, -0.25) is 9.97 Å². The number of aromatic nitrogens is 2. The first-order valence-corrected chi connectivity index (χ1v) is 6.56.